The van der Waals surface area contributed by atoms with Crippen LogP contribution in [0.15, 0.2) is 23.3 Å². The van der Waals surface area contributed by atoms with E-state index in [9.17, 15) is 4.79 Å². The van der Waals surface area contributed by atoms with E-state index in [1.807, 2.05) is 6.92 Å². The summed E-state index contributed by atoms with van der Waals surface area (Å²) < 4.78 is 0. The lowest BCUT2D eigenvalue weighted by Gasteiger charge is -2.08. The molecule has 0 radical (unpaired) electrons. The maximum atomic E-state index is 11.4. The number of para-hydroxylation sites is 1. The van der Waals surface area contributed by atoms with Crippen molar-refractivity contribution in [3.05, 3.63) is 28.2 Å². The molecular formula is C10H13Cl3N4O. The standard InChI is InChI=1S/C10H12Cl2N4O.ClH/c1-2-14-15-6-13-10(17)16-9-7(11)4-3-5-8(9)12;/h3-6,14H,2H2,1H3,(H2,13,15,16,17);1H. The Hall–Kier alpha value is -1.17. The minimum Gasteiger partial charge on any atom is -0.309 e. The van der Waals surface area contributed by atoms with E-state index in [-0.39, 0.29) is 12.4 Å². The highest BCUT2D eigenvalue weighted by atomic mass is 35.5. The van der Waals surface area contributed by atoms with Crippen molar-refractivity contribution in [3.63, 3.8) is 0 Å². The minimum atomic E-state index is -0.471. The fraction of sp³-hybridized carbons (Fsp3) is 0.200. The predicted octanol–water partition coefficient (Wildman–Crippen LogP) is 3.09. The number of anilines is 1. The van der Waals surface area contributed by atoms with Crippen LogP contribution in [0.4, 0.5) is 10.5 Å². The van der Waals surface area contributed by atoms with Gasteiger partial charge in [0.25, 0.3) is 0 Å². The third kappa shape index (κ3) is 5.44. The van der Waals surface area contributed by atoms with Crippen molar-refractivity contribution in [3.8, 4) is 0 Å². The smallest absolute Gasteiger partial charge is 0.309 e. The van der Waals surface area contributed by atoms with Gasteiger partial charge in [-0.1, -0.05) is 29.3 Å². The minimum absolute atomic E-state index is 0. The van der Waals surface area contributed by atoms with Gasteiger partial charge in [-0.3, -0.25) is 5.32 Å². The Morgan fingerprint density at radius 1 is 1.39 bits per heavy atom. The summed E-state index contributed by atoms with van der Waals surface area (Å²) in [5, 5.41) is 9.37. The number of nitrogens with one attached hydrogen (secondary N) is 3. The first-order valence-corrected chi connectivity index (χ1v) is 5.66. The molecule has 1 rings (SSSR count). The number of carbonyl (C=O) groups is 1. The molecule has 8 heteroatoms. The van der Waals surface area contributed by atoms with Crippen LogP contribution < -0.4 is 16.1 Å². The number of benzene rings is 1. The molecule has 0 bridgehead atoms. The number of halogens is 3. The molecule has 18 heavy (non-hydrogen) atoms. The van der Waals surface area contributed by atoms with Gasteiger partial charge in [-0.15, -0.1) is 12.4 Å². The number of nitrogens with zero attached hydrogens (tertiary/aromatic N) is 1. The van der Waals surface area contributed by atoms with E-state index < -0.39 is 6.03 Å². The van der Waals surface area contributed by atoms with Crippen LogP contribution in [-0.2, 0) is 0 Å². The topological polar surface area (TPSA) is 65.5 Å². The molecule has 0 aliphatic rings. The van der Waals surface area contributed by atoms with E-state index in [1.165, 1.54) is 6.34 Å². The van der Waals surface area contributed by atoms with E-state index in [2.05, 4.69) is 21.2 Å². The van der Waals surface area contributed by atoms with E-state index in [0.29, 0.717) is 22.3 Å². The van der Waals surface area contributed by atoms with Gasteiger partial charge in [-0.05, 0) is 19.1 Å². The molecular weight excluding hydrogens is 298 g/mol. The maximum absolute atomic E-state index is 11.4. The van der Waals surface area contributed by atoms with Crippen LogP contribution in [0.5, 0.6) is 0 Å². The molecule has 0 aromatic heterocycles. The number of hydrazone groups is 1. The van der Waals surface area contributed by atoms with Crippen LogP contribution in [0.25, 0.3) is 0 Å². The highest BCUT2D eigenvalue weighted by Crippen LogP contribution is 2.29. The van der Waals surface area contributed by atoms with Gasteiger partial charge in [-0.25, -0.2) is 4.79 Å². The molecule has 3 N–H and O–H groups in total. The summed E-state index contributed by atoms with van der Waals surface area (Å²) in [5.41, 5.74) is 3.03. The summed E-state index contributed by atoms with van der Waals surface area (Å²) in [6.45, 7) is 2.57. The molecule has 0 aliphatic heterocycles. The van der Waals surface area contributed by atoms with Crippen molar-refractivity contribution in [2.45, 2.75) is 6.92 Å². The largest absolute Gasteiger partial charge is 0.324 e. The van der Waals surface area contributed by atoms with Gasteiger partial charge >= 0.3 is 6.03 Å². The zero-order valence-electron chi connectivity index (χ0n) is 9.54. The third-order valence-electron chi connectivity index (χ3n) is 1.71. The SMILES string of the molecule is CCNN=CNC(=O)Nc1c(Cl)cccc1Cl.Cl. The first-order valence-electron chi connectivity index (χ1n) is 4.91. The van der Waals surface area contributed by atoms with E-state index in [4.69, 9.17) is 23.2 Å². The Morgan fingerprint density at radius 3 is 2.56 bits per heavy atom. The second-order valence-corrected chi connectivity index (χ2v) is 3.78. The monoisotopic (exact) mass is 310 g/mol. The normalized spacial score (nSPS) is 9.72. The van der Waals surface area contributed by atoms with E-state index in [0.717, 1.165) is 0 Å². The van der Waals surface area contributed by atoms with Gasteiger partial charge < -0.3 is 10.7 Å². The highest BCUT2D eigenvalue weighted by molar-refractivity contribution is 6.39. The number of hydrogen-bond donors (Lipinski definition) is 3. The van der Waals surface area contributed by atoms with Gasteiger partial charge in [0.2, 0.25) is 0 Å². The molecule has 0 atom stereocenters. The lowest BCUT2D eigenvalue weighted by Crippen LogP contribution is -2.28. The van der Waals surface area contributed by atoms with Crippen molar-refractivity contribution in [1.29, 1.82) is 0 Å². The lowest BCUT2D eigenvalue weighted by atomic mass is 10.3. The Labute approximate surface area is 121 Å². The Balaban J connectivity index is 0.00000289. The van der Waals surface area contributed by atoms with Crippen LogP contribution in [-0.4, -0.2) is 18.9 Å². The van der Waals surface area contributed by atoms with Crippen molar-refractivity contribution in [2.24, 2.45) is 5.10 Å². The van der Waals surface area contributed by atoms with Gasteiger partial charge in [-0.2, -0.15) is 5.10 Å². The number of hydrogen-bond acceptors (Lipinski definition) is 3. The average molecular weight is 312 g/mol. The summed E-state index contributed by atoms with van der Waals surface area (Å²) in [4.78, 5) is 11.4. The summed E-state index contributed by atoms with van der Waals surface area (Å²) in [6.07, 6.45) is 1.24. The molecule has 2 amide bonds. The van der Waals surface area contributed by atoms with Crippen LogP contribution in [0.1, 0.15) is 6.92 Å². The molecule has 100 valence electrons. The van der Waals surface area contributed by atoms with Crippen molar-refractivity contribution in [2.75, 3.05) is 11.9 Å². The van der Waals surface area contributed by atoms with Gasteiger partial charge in [0.05, 0.1) is 15.7 Å². The Morgan fingerprint density at radius 2 is 2.00 bits per heavy atom. The second-order valence-electron chi connectivity index (χ2n) is 2.96. The highest BCUT2D eigenvalue weighted by Gasteiger charge is 2.07. The summed E-state index contributed by atoms with van der Waals surface area (Å²) >= 11 is 11.8. The van der Waals surface area contributed by atoms with Crippen molar-refractivity contribution >= 4 is 53.7 Å². The van der Waals surface area contributed by atoms with Crippen molar-refractivity contribution in [1.82, 2.24) is 10.7 Å². The quantitative estimate of drug-likeness (QED) is 0.454. The lowest BCUT2D eigenvalue weighted by molar-refractivity contribution is 0.256. The number of rotatable bonds is 4. The molecule has 0 saturated carbocycles. The van der Waals surface area contributed by atoms with E-state index in [1.54, 1.807) is 18.2 Å². The summed E-state index contributed by atoms with van der Waals surface area (Å²) in [6, 6.07) is 4.49. The van der Waals surface area contributed by atoms with Crippen LogP contribution in [0, 0.1) is 0 Å². The van der Waals surface area contributed by atoms with E-state index >= 15 is 0 Å². The molecule has 0 aliphatic carbocycles. The van der Waals surface area contributed by atoms with Gasteiger partial charge in [0.1, 0.15) is 6.34 Å². The predicted molar refractivity (Wildman–Crippen MR) is 78.0 cm³/mol. The molecule has 5 nitrogen and oxygen atoms in total. The zero-order valence-corrected chi connectivity index (χ0v) is 11.9. The van der Waals surface area contributed by atoms with Gasteiger partial charge in [0, 0.05) is 6.54 Å². The molecule has 0 saturated heterocycles. The van der Waals surface area contributed by atoms with Crippen molar-refractivity contribution < 1.29 is 4.79 Å². The van der Waals surface area contributed by atoms with Crippen LogP contribution >= 0.6 is 35.6 Å². The maximum Gasteiger partial charge on any atom is 0.324 e. The Kier molecular flexibility index (Phi) is 8.28. The first-order chi connectivity index (χ1) is 8.15. The fourth-order valence-electron chi connectivity index (χ4n) is 0.995. The average Bonchev–Trinajstić information content (AvgIpc) is 2.30. The molecule has 1 aromatic rings. The third-order valence-corrected chi connectivity index (χ3v) is 2.34. The van der Waals surface area contributed by atoms with Crippen LogP contribution in [0.2, 0.25) is 10.0 Å². The number of carbonyl (C=O) groups excluding carboxylic acids is 1. The molecule has 0 unspecified atom stereocenters. The second kappa shape index (κ2) is 8.85. The molecule has 0 heterocycles. The summed E-state index contributed by atoms with van der Waals surface area (Å²) in [5.74, 6) is 0. The molecule has 1 aromatic carbocycles. The molecule has 0 spiro atoms. The van der Waals surface area contributed by atoms with Gasteiger partial charge in [0.15, 0.2) is 0 Å². The fourth-order valence-corrected chi connectivity index (χ4v) is 1.49. The number of urea groups is 1. The number of amides is 2. The van der Waals surface area contributed by atoms with Crippen LogP contribution in [0.3, 0.4) is 0 Å². The zero-order chi connectivity index (χ0) is 12.7. The first kappa shape index (κ1) is 16.8. The molecule has 0 fully saturated rings. The Bertz CT molecular complexity index is 405. The summed E-state index contributed by atoms with van der Waals surface area (Å²) in [7, 11) is 0.